The number of nitrogens with zero attached hydrogens (tertiary/aromatic N) is 3. The number of anilines is 1. The molecule has 152 valence electrons. The van der Waals surface area contributed by atoms with Gasteiger partial charge in [0.05, 0.1) is 19.0 Å². The first-order valence-electron chi connectivity index (χ1n) is 9.30. The summed E-state index contributed by atoms with van der Waals surface area (Å²) in [5, 5.41) is 28.0. The minimum Gasteiger partial charge on any atom is -0.394 e. The van der Waals surface area contributed by atoms with Crippen molar-refractivity contribution >= 4 is 23.8 Å². The van der Waals surface area contributed by atoms with Gasteiger partial charge in [0.2, 0.25) is 0 Å². The van der Waals surface area contributed by atoms with Crippen LogP contribution in [0.2, 0.25) is 0 Å². The van der Waals surface area contributed by atoms with Crippen molar-refractivity contribution in [3.8, 4) is 11.1 Å². The molecular weight excluding hydrogens is 380 g/mol. The molecule has 0 radical (unpaired) electrons. The van der Waals surface area contributed by atoms with Gasteiger partial charge in [0.1, 0.15) is 11.5 Å². The molecule has 30 heavy (non-hydrogen) atoms. The van der Waals surface area contributed by atoms with E-state index in [-0.39, 0.29) is 24.0 Å². The molecule has 2 heterocycles. The lowest BCUT2D eigenvalue weighted by Gasteiger charge is -2.25. The number of amidine groups is 1. The molecule has 0 spiro atoms. The fourth-order valence-electron chi connectivity index (χ4n) is 2.86. The first-order chi connectivity index (χ1) is 14.5. The summed E-state index contributed by atoms with van der Waals surface area (Å²) in [5.41, 5.74) is 2.98. The van der Waals surface area contributed by atoms with E-state index in [1.165, 1.54) is 4.90 Å². The van der Waals surface area contributed by atoms with E-state index in [0.717, 1.165) is 17.5 Å². The summed E-state index contributed by atoms with van der Waals surface area (Å²) in [6, 6.07) is 13.6. The number of amides is 1. The van der Waals surface area contributed by atoms with Crippen molar-refractivity contribution in [2.24, 2.45) is 0 Å². The van der Waals surface area contributed by atoms with Gasteiger partial charge in [0.15, 0.2) is 0 Å². The summed E-state index contributed by atoms with van der Waals surface area (Å²) in [7, 11) is 0. The van der Waals surface area contributed by atoms with Gasteiger partial charge >= 0.3 is 0 Å². The smallest absolute Gasteiger partial charge is 0.274 e. The Morgan fingerprint density at radius 3 is 2.73 bits per heavy atom. The predicted molar refractivity (Wildman–Crippen MR) is 116 cm³/mol. The summed E-state index contributed by atoms with van der Waals surface area (Å²) in [4.78, 5) is 22.3. The molecule has 2 aromatic heterocycles. The average Bonchev–Trinajstić information content (AvgIpc) is 2.80. The van der Waals surface area contributed by atoms with Crippen molar-refractivity contribution in [1.82, 2.24) is 14.9 Å². The molecule has 4 N–H and O–H groups in total. The molecule has 3 aromatic rings. The molecule has 0 aliphatic carbocycles. The monoisotopic (exact) mass is 402 g/mol. The van der Waals surface area contributed by atoms with E-state index in [1.807, 2.05) is 18.2 Å². The molecular formula is C22H22N6O2. The number of rotatable bonds is 7. The van der Waals surface area contributed by atoms with E-state index < -0.39 is 6.04 Å². The van der Waals surface area contributed by atoms with E-state index >= 15 is 0 Å². The average molecular weight is 402 g/mol. The molecule has 0 aliphatic heterocycles. The largest absolute Gasteiger partial charge is 0.394 e. The Labute approximate surface area is 174 Å². The van der Waals surface area contributed by atoms with Gasteiger partial charge in [-0.3, -0.25) is 25.6 Å². The molecule has 0 fully saturated rings. The molecule has 1 unspecified atom stereocenters. The minimum absolute atomic E-state index is 0.0550. The fourth-order valence-corrected chi connectivity index (χ4v) is 2.86. The number of aliphatic hydroxyl groups is 1. The van der Waals surface area contributed by atoms with Crippen molar-refractivity contribution in [1.29, 1.82) is 10.8 Å². The van der Waals surface area contributed by atoms with E-state index in [0.29, 0.717) is 11.3 Å². The van der Waals surface area contributed by atoms with E-state index in [9.17, 15) is 9.90 Å². The Morgan fingerprint density at radius 2 is 2.03 bits per heavy atom. The molecule has 0 aliphatic rings. The number of aromatic nitrogens is 2. The summed E-state index contributed by atoms with van der Waals surface area (Å²) < 4.78 is 0. The van der Waals surface area contributed by atoms with Crippen LogP contribution in [0.25, 0.3) is 11.1 Å². The lowest BCUT2D eigenvalue weighted by Crippen LogP contribution is -2.39. The number of carbonyl (C=O) groups excluding carboxylic acids is 1. The Hall–Kier alpha value is -3.91. The van der Waals surface area contributed by atoms with Gasteiger partial charge in [-0.2, -0.15) is 0 Å². The quantitative estimate of drug-likeness (QED) is 0.357. The van der Waals surface area contributed by atoms with Crippen LogP contribution in [0.3, 0.4) is 0 Å². The number of pyridine rings is 2. The standard InChI is InChI=1S/C22H22N6O2/c1-15(13-29)28(14-23)21(24)17-4-2-6-19(10-17)27-22(30)20-11-16(7-9-26-20)18-5-3-8-25-12-18/h2-12,14-15,23-24,29H,13H2,1H3,(H,27,30). The molecule has 0 bridgehead atoms. The zero-order valence-corrected chi connectivity index (χ0v) is 16.4. The second kappa shape index (κ2) is 9.53. The number of hydrogen-bond donors (Lipinski definition) is 4. The fraction of sp³-hybridized carbons (Fsp3) is 0.136. The van der Waals surface area contributed by atoms with E-state index in [2.05, 4.69) is 15.3 Å². The minimum atomic E-state index is -0.410. The van der Waals surface area contributed by atoms with Gasteiger partial charge in [0.25, 0.3) is 5.91 Å². The molecule has 0 saturated carbocycles. The molecule has 1 amide bonds. The van der Waals surface area contributed by atoms with Crippen molar-refractivity contribution in [3.63, 3.8) is 0 Å². The number of benzene rings is 1. The van der Waals surface area contributed by atoms with Crippen LogP contribution in [0.1, 0.15) is 23.0 Å². The first kappa shape index (κ1) is 20.8. The van der Waals surface area contributed by atoms with Gasteiger partial charge < -0.3 is 15.3 Å². The molecule has 0 saturated heterocycles. The molecule has 3 rings (SSSR count). The maximum atomic E-state index is 12.7. The van der Waals surface area contributed by atoms with E-state index in [1.54, 1.807) is 55.8 Å². The van der Waals surface area contributed by atoms with Crippen LogP contribution in [-0.4, -0.2) is 50.7 Å². The van der Waals surface area contributed by atoms with Gasteiger partial charge in [-0.1, -0.05) is 18.2 Å². The van der Waals surface area contributed by atoms with Gasteiger partial charge in [-0.25, -0.2) is 0 Å². The lowest BCUT2D eigenvalue weighted by molar-refractivity contribution is 0.102. The number of hydrogen-bond acceptors (Lipinski definition) is 6. The first-order valence-corrected chi connectivity index (χ1v) is 9.30. The van der Waals surface area contributed by atoms with Gasteiger partial charge in [-0.05, 0) is 42.8 Å². The highest BCUT2D eigenvalue weighted by molar-refractivity contribution is 6.06. The number of nitrogens with one attached hydrogen (secondary N) is 3. The van der Waals surface area contributed by atoms with Crippen LogP contribution in [-0.2, 0) is 0 Å². The summed E-state index contributed by atoms with van der Waals surface area (Å²) in [5.74, 6) is -0.323. The summed E-state index contributed by atoms with van der Waals surface area (Å²) in [6.07, 6.45) is 5.97. The topological polar surface area (TPSA) is 126 Å². The summed E-state index contributed by atoms with van der Waals surface area (Å²) >= 11 is 0. The van der Waals surface area contributed by atoms with E-state index in [4.69, 9.17) is 10.8 Å². The van der Waals surface area contributed by atoms with Crippen molar-refractivity contribution in [3.05, 3.63) is 78.4 Å². The Kier molecular flexibility index (Phi) is 6.61. The normalized spacial score (nSPS) is 11.4. The molecule has 1 aromatic carbocycles. The van der Waals surface area contributed by atoms with Crippen LogP contribution < -0.4 is 5.32 Å². The highest BCUT2D eigenvalue weighted by Gasteiger charge is 2.17. The Bertz CT molecular complexity index is 1050. The summed E-state index contributed by atoms with van der Waals surface area (Å²) in [6.45, 7) is 1.53. The number of carbonyl (C=O) groups is 1. The van der Waals surface area contributed by atoms with Gasteiger partial charge in [-0.15, -0.1) is 0 Å². The highest BCUT2D eigenvalue weighted by Crippen LogP contribution is 2.19. The van der Waals surface area contributed by atoms with Crippen LogP contribution in [0.5, 0.6) is 0 Å². The van der Waals surface area contributed by atoms with Crippen LogP contribution in [0.15, 0.2) is 67.1 Å². The Morgan fingerprint density at radius 1 is 1.20 bits per heavy atom. The maximum Gasteiger partial charge on any atom is 0.274 e. The Balaban J connectivity index is 1.79. The molecule has 8 nitrogen and oxygen atoms in total. The van der Waals surface area contributed by atoms with Crippen molar-refractivity contribution < 1.29 is 9.90 Å². The second-order valence-corrected chi connectivity index (χ2v) is 6.62. The highest BCUT2D eigenvalue weighted by atomic mass is 16.3. The third-order valence-corrected chi connectivity index (χ3v) is 4.52. The number of aliphatic hydroxyl groups excluding tert-OH is 1. The van der Waals surface area contributed by atoms with Gasteiger partial charge in [0, 0.05) is 35.4 Å². The van der Waals surface area contributed by atoms with Crippen LogP contribution >= 0.6 is 0 Å². The molecule has 1 atom stereocenters. The second-order valence-electron chi connectivity index (χ2n) is 6.62. The van der Waals surface area contributed by atoms with Crippen LogP contribution in [0.4, 0.5) is 5.69 Å². The predicted octanol–water partition coefficient (Wildman–Crippen LogP) is 3.01. The van der Waals surface area contributed by atoms with Crippen molar-refractivity contribution in [2.45, 2.75) is 13.0 Å². The molecule has 8 heteroatoms. The zero-order chi connectivity index (χ0) is 21.5. The van der Waals surface area contributed by atoms with Crippen LogP contribution in [0, 0.1) is 10.8 Å². The third kappa shape index (κ3) is 4.73. The third-order valence-electron chi connectivity index (χ3n) is 4.52. The van der Waals surface area contributed by atoms with Crippen molar-refractivity contribution in [2.75, 3.05) is 11.9 Å². The lowest BCUT2D eigenvalue weighted by atomic mass is 10.1. The maximum absolute atomic E-state index is 12.7. The zero-order valence-electron chi connectivity index (χ0n) is 16.4. The SMILES string of the molecule is CC(CO)N(C=N)C(=N)c1cccc(NC(=O)c2cc(-c3cccnc3)ccn2)c1.